The molecule has 1 amide bonds. The topological polar surface area (TPSA) is 42.0 Å². The molecule has 0 aliphatic heterocycles. The molecule has 0 saturated heterocycles. The first-order chi connectivity index (χ1) is 9.29. The zero-order valence-electron chi connectivity index (χ0n) is 11.3. The lowest BCUT2D eigenvalue weighted by Gasteiger charge is -2.14. The molecule has 0 spiro atoms. The summed E-state index contributed by atoms with van der Waals surface area (Å²) in [4.78, 5) is 16.5. The van der Waals surface area contributed by atoms with Crippen molar-refractivity contribution in [1.29, 1.82) is 0 Å². The number of aromatic nitrogens is 1. The number of rotatable bonds is 2. The molecule has 0 bridgehead atoms. The monoisotopic (exact) mass is 356 g/mol. The number of nitrogens with one attached hydrogen (secondary N) is 1. The lowest BCUT2D eigenvalue weighted by molar-refractivity contribution is 0.102. The van der Waals surface area contributed by atoms with E-state index in [1.54, 1.807) is 6.07 Å². The summed E-state index contributed by atoms with van der Waals surface area (Å²) < 4.78 is 14.1. The first kappa shape index (κ1) is 15.1. The largest absolute Gasteiger partial charge is 0.298 e. The fourth-order valence-corrected chi connectivity index (χ4v) is 3.00. The van der Waals surface area contributed by atoms with Crippen LogP contribution in [0.25, 0.3) is 0 Å². The summed E-state index contributed by atoms with van der Waals surface area (Å²) in [5, 5.41) is 4.99. The van der Waals surface area contributed by atoms with Gasteiger partial charge in [-0.2, -0.15) is 0 Å². The van der Waals surface area contributed by atoms with E-state index < -0.39 is 11.7 Å². The minimum absolute atomic E-state index is 0.0139. The van der Waals surface area contributed by atoms with Gasteiger partial charge in [0.1, 0.15) is 5.82 Å². The van der Waals surface area contributed by atoms with E-state index in [-0.39, 0.29) is 11.0 Å². The molecule has 0 saturated carbocycles. The number of hydrogen-bond acceptors (Lipinski definition) is 3. The molecule has 0 unspecified atom stereocenters. The maximum absolute atomic E-state index is 13.7. The highest BCUT2D eigenvalue weighted by Crippen LogP contribution is 2.27. The van der Waals surface area contributed by atoms with Crippen LogP contribution in [0.4, 0.5) is 9.52 Å². The molecule has 0 aliphatic rings. The van der Waals surface area contributed by atoms with Gasteiger partial charge in [-0.05, 0) is 28.1 Å². The second-order valence-electron chi connectivity index (χ2n) is 5.34. The van der Waals surface area contributed by atoms with E-state index in [1.165, 1.54) is 23.5 Å². The number of carbonyl (C=O) groups is 1. The number of anilines is 1. The summed E-state index contributed by atoms with van der Waals surface area (Å²) in [6.07, 6.45) is 0. The van der Waals surface area contributed by atoms with Crippen molar-refractivity contribution in [1.82, 2.24) is 4.98 Å². The second kappa shape index (κ2) is 5.61. The van der Waals surface area contributed by atoms with Crippen molar-refractivity contribution in [2.24, 2.45) is 0 Å². The number of benzene rings is 1. The Kier molecular flexibility index (Phi) is 4.25. The highest BCUT2D eigenvalue weighted by molar-refractivity contribution is 9.10. The van der Waals surface area contributed by atoms with E-state index in [4.69, 9.17) is 0 Å². The van der Waals surface area contributed by atoms with Gasteiger partial charge in [-0.3, -0.25) is 10.1 Å². The van der Waals surface area contributed by atoms with Gasteiger partial charge in [0.25, 0.3) is 5.91 Å². The summed E-state index contributed by atoms with van der Waals surface area (Å²) >= 11 is 4.51. The number of thiazole rings is 1. The molecule has 0 atom stereocenters. The Morgan fingerprint density at radius 2 is 2.10 bits per heavy atom. The van der Waals surface area contributed by atoms with Crippen LogP contribution < -0.4 is 5.32 Å². The van der Waals surface area contributed by atoms with Gasteiger partial charge in [-0.15, -0.1) is 11.3 Å². The minimum atomic E-state index is -0.565. The predicted octanol–water partition coefficient (Wildman–Crippen LogP) is 4.59. The van der Waals surface area contributed by atoms with Crippen LogP contribution in [0.2, 0.25) is 0 Å². The third-order valence-corrected chi connectivity index (χ3v) is 4.10. The quantitative estimate of drug-likeness (QED) is 0.854. The Morgan fingerprint density at radius 3 is 2.65 bits per heavy atom. The average Bonchev–Trinajstić information content (AvgIpc) is 2.76. The van der Waals surface area contributed by atoms with Crippen LogP contribution in [0.3, 0.4) is 0 Å². The Hall–Kier alpha value is -1.27. The van der Waals surface area contributed by atoms with Crippen LogP contribution in [0.1, 0.15) is 36.8 Å². The van der Waals surface area contributed by atoms with Gasteiger partial charge >= 0.3 is 0 Å². The van der Waals surface area contributed by atoms with Crippen LogP contribution in [0.5, 0.6) is 0 Å². The summed E-state index contributed by atoms with van der Waals surface area (Å²) in [5.74, 6) is -1.07. The highest BCUT2D eigenvalue weighted by atomic mass is 79.9. The Morgan fingerprint density at radius 1 is 1.40 bits per heavy atom. The molecule has 2 rings (SSSR count). The van der Waals surface area contributed by atoms with Gasteiger partial charge in [0, 0.05) is 15.3 Å². The van der Waals surface area contributed by atoms with Crippen molar-refractivity contribution < 1.29 is 9.18 Å². The lowest BCUT2D eigenvalue weighted by atomic mass is 9.93. The van der Waals surface area contributed by atoms with Crippen molar-refractivity contribution >= 4 is 38.3 Å². The SMILES string of the molecule is CC(C)(C)c1csc(NC(=O)c2c(F)cccc2Br)n1. The molecule has 1 N–H and O–H groups in total. The zero-order valence-corrected chi connectivity index (χ0v) is 13.7. The van der Waals surface area contributed by atoms with Crippen molar-refractivity contribution in [2.45, 2.75) is 26.2 Å². The highest BCUT2D eigenvalue weighted by Gasteiger charge is 2.20. The van der Waals surface area contributed by atoms with Gasteiger partial charge in [0.15, 0.2) is 5.13 Å². The fourth-order valence-electron chi connectivity index (χ4n) is 1.55. The maximum atomic E-state index is 13.7. The van der Waals surface area contributed by atoms with E-state index in [9.17, 15) is 9.18 Å². The van der Waals surface area contributed by atoms with Crippen molar-refractivity contribution in [3.63, 3.8) is 0 Å². The van der Waals surface area contributed by atoms with Gasteiger partial charge in [0.05, 0.1) is 11.3 Å². The van der Waals surface area contributed by atoms with E-state index >= 15 is 0 Å². The number of carbonyl (C=O) groups excluding carboxylic acids is 1. The van der Waals surface area contributed by atoms with Gasteiger partial charge < -0.3 is 0 Å². The van der Waals surface area contributed by atoms with Crippen molar-refractivity contribution in [3.05, 3.63) is 45.1 Å². The molecule has 6 heteroatoms. The molecule has 1 aromatic carbocycles. The molecule has 0 aliphatic carbocycles. The number of halogens is 2. The Balaban J connectivity index is 2.22. The fraction of sp³-hybridized carbons (Fsp3) is 0.286. The lowest BCUT2D eigenvalue weighted by Crippen LogP contribution is -2.15. The standard InChI is InChI=1S/C14H14BrFN2OS/c1-14(2,3)10-7-20-13(17-10)18-12(19)11-8(15)5-4-6-9(11)16/h4-7H,1-3H3,(H,17,18,19). The van der Waals surface area contributed by atoms with E-state index in [0.29, 0.717) is 9.60 Å². The summed E-state index contributed by atoms with van der Waals surface area (Å²) in [5.41, 5.74) is 0.795. The number of nitrogens with zero attached hydrogens (tertiary/aromatic N) is 1. The smallest absolute Gasteiger partial charge is 0.261 e. The minimum Gasteiger partial charge on any atom is -0.298 e. The third-order valence-electron chi connectivity index (χ3n) is 2.68. The second-order valence-corrected chi connectivity index (χ2v) is 7.05. The van der Waals surface area contributed by atoms with E-state index in [2.05, 4.69) is 26.2 Å². The number of hydrogen-bond donors (Lipinski definition) is 1. The summed E-state index contributed by atoms with van der Waals surface area (Å²) in [6.45, 7) is 6.13. The Bertz CT molecular complexity index is 629. The van der Waals surface area contributed by atoms with E-state index in [1.807, 2.05) is 26.2 Å². The van der Waals surface area contributed by atoms with Crippen molar-refractivity contribution in [2.75, 3.05) is 5.32 Å². The van der Waals surface area contributed by atoms with Crippen LogP contribution in [-0.2, 0) is 5.41 Å². The molecule has 1 heterocycles. The molecule has 106 valence electrons. The molecule has 20 heavy (non-hydrogen) atoms. The predicted molar refractivity (Wildman–Crippen MR) is 82.9 cm³/mol. The van der Waals surface area contributed by atoms with Crippen LogP contribution in [0.15, 0.2) is 28.1 Å². The van der Waals surface area contributed by atoms with E-state index in [0.717, 1.165) is 5.69 Å². The van der Waals surface area contributed by atoms with Crippen LogP contribution in [0, 0.1) is 5.82 Å². The first-order valence-corrected chi connectivity index (χ1v) is 7.67. The molecule has 0 fully saturated rings. The molecular weight excluding hydrogens is 343 g/mol. The zero-order chi connectivity index (χ0) is 14.9. The van der Waals surface area contributed by atoms with Crippen LogP contribution in [-0.4, -0.2) is 10.9 Å². The molecular formula is C14H14BrFN2OS. The Labute approximate surface area is 129 Å². The van der Waals surface area contributed by atoms with Gasteiger partial charge in [-0.1, -0.05) is 26.8 Å². The average molecular weight is 357 g/mol. The molecule has 0 radical (unpaired) electrons. The molecule has 3 nitrogen and oxygen atoms in total. The van der Waals surface area contributed by atoms with Crippen LogP contribution >= 0.6 is 27.3 Å². The summed E-state index contributed by atoms with van der Waals surface area (Å²) in [6, 6.07) is 4.42. The number of amides is 1. The van der Waals surface area contributed by atoms with Gasteiger partial charge in [-0.25, -0.2) is 9.37 Å². The van der Waals surface area contributed by atoms with Gasteiger partial charge in [0.2, 0.25) is 0 Å². The van der Waals surface area contributed by atoms with Crippen molar-refractivity contribution in [3.8, 4) is 0 Å². The molecule has 1 aromatic heterocycles. The third kappa shape index (κ3) is 3.24. The normalized spacial score (nSPS) is 11.4. The molecule has 2 aromatic rings. The summed E-state index contributed by atoms with van der Waals surface area (Å²) in [7, 11) is 0. The first-order valence-electron chi connectivity index (χ1n) is 6.00. The maximum Gasteiger partial charge on any atom is 0.261 e.